The van der Waals surface area contributed by atoms with Crippen molar-refractivity contribution in [2.45, 2.75) is 38.9 Å². The number of aldehydes is 1. The van der Waals surface area contributed by atoms with Gasteiger partial charge in [0.25, 0.3) is 5.91 Å². The number of aliphatic hydroxyl groups is 1. The van der Waals surface area contributed by atoms with E-state index in [9.17, 15) is 19.5 Å². The Morgan fingerprint density at radius 1 is 1.57 bits per heavy atom. The van der Waals surface area contributed by atoms with Gasteiger partial charge in [0.15, 0.2) is 17.5 Å². The second-order valence-electron chi connectivity index (χ2n) is 4.52. The summed E-state index contributed by atoms with van der Waals surface area (Å²) in [5.74, 6) is -1.04. The first-order chi connectivity index (χ1) is 9.90. The van der Waals surface area contributed by atoms with Crippen molar-refractivity contribution in [1.82, 2.24) is 10.2 Å². The Balaban J connectivity index is 2.90. The highest BCUT2D eigenvalue weighted by Crippen LogP contribution is 2.14. The largest absolute Gasteiger partial charge is 0.455 e. The van der Waals surface area contributed by atoms with Crippen LogP contribution in [0.2, 0.25) is 0 Å². The summed E-state index contributed by atoms with van der Waals surface area (Å²) in [6.45, 7) is 3.61. The van der Waals surface area contributed by atoms with Gasteiger partial charge < -0.3 is 20.0 Å². The molecule has 0 radical (unpaired) electrons. The monoisotopic (exact) mass is 314 g/mol. The molecule has 1 aliphatic rings. The first-order valence-electron chi connectivity index (χ1n) is 6.56. The molecule has 116 valence electrons. The molecule has 2 N–H and O–H groups in total. The average Bonchev–Trinajstić information content (AvgIpc) is 2.69. The number of thiocarbonyl (C=S) groups is 1. The number of rotatable bonds is 7. The molecule has 0 spiro atoms. The number of hydrogen-bond acceptors (Lipinski definition) is 6. The Morgan fingerprint density at radius 3 is 2.76 bits per heavy atom. The molecule has 1 amide bonds. The van der Waals surface area contributed by atoms with Gasteiger partial charge in [0.2, 0.25) is 0 Å². The Morgan fingerprint density at radius 2 is 2.24 bits per heavy atom. The lowest BCUT2D eigenvalue weighted by atomic mass is 10.2. The average molecular weight is 314 g/mol. The third kappa shape index (κ3) is 4.61. The SMILES string of the molecule is CCCCN1C(=O)/C(=C/[C@H](OC(C)=O)[C@@H](O)C=O)NC1=S. The highest BCUT2D eigenvalue weighted by Gasteiger charge is 2.32. The van der Waals surface area contributed by atoms with Gasteiger partial charge in [-0.3, -0.25) is 14.5 Å². The van der Waals surface area contributed by atoms with Crippen LogP contribution < -0.4 is 5.32 Å². The third-order valence-corrected chi connectivity index (χ3v) is 3.13. The molecule has 0 aromatic carbocycles. The van der Waals surface area contributed by atoms with E-state index in [1.165, 1.54) is 11.0 Å². The Bertz CT molecular complexity index is 477. The summed E-state index contributed by atoms with van der Waals surface area (Å²) >= 11 is 5.06. The number of esters is 1. The van der Waals surface area contributed by atoms with Crippen LogP contribution in [-0.4, -0.2) is 52.0 Å². The molecule has 1 saturated heterocycles. The molecule has 1 aliphatic heterocycles. The van der Waals surface area contributed by atoms with Crippen LogP contribution in [0.1, 0.15) is 26.7 Å². The number of aliphatic hydroxyl groups excluding tert-OH is 1. The van der Waals surface area contributed by atoms with Crippen molar-refractivity contribution in [2.75, 3.05) is 6.54 Å². The minimum absolute atomic E-state index is 0.0863. The predicted octanol–water partition coefficient (Wildman–Crippen LogP) is -0.121. The lowest BCUT2D eigenvalue weighted by Gasteiger charge is -2.15. The maximum absolute atomic E-state index is 12.2. The third-order valence-electron chi connectivity index (χ3n) is 2.81. The van der Waals surface area contributed by atoms with Crippen molar-refractivity contribution in [3.8, 4) is 0 Å². The lowest BCUT2D eigenvalue weighted by Crippen LogP contribution is -2.32. The van der Waals surface area contributed by atoms with Gasteiger partial charge in [-0.25, -0.2) is 0 Å². The van der Waals surface area contributed by atoms with Crippen molar-refractivity contribution in [3.63, 3.8) is 0 Å². The molecule has 0 aliphatic carbocycles. The normalized spacial score (nSPS) is 19.4. The number of nitrogens with zero attached hydrogens (tertiary/aromatic N) is 1. The van der Waals surface area contributed by atoms with E-state index in [4.69, 9.17) is 17.0 Å². The summed E-state index contributed by atoms with van der Waals surface area (Å²) in [7, 11) is 0. The minimum atomic E-state index is -1.55. The molecule has 8 heteroatoms. The van der Waals surface area contributed by atoms with Crippen molar-refractivity contribution >= 4 is 35.5 Å². The van der Waals surface area contributed by atoms with Crippen LogP contribution in [0.3, 0.4) is 0 Å². The fraction of sp³-hybridized carbons (Fsp3) is 0.538. The van der Waals surface area contributed by atoms with Crippen molar-refractivity contribution in [3.05, 3.63) is 11.8 Å². The molecular formula is C13H18N2O5S. The van der Waals surface area contributed by atoms with E-state index in [0.29, 0.717) is 6.54 Å². The molecule has 0 saturated carbocycles. The zero-order chi connectivity index (χ0) is 16.0. The maximum Gasteiger partial charge on any atom is 0.303 e. The van der Waals surface area contributed by atoms with Gasteiger partial charge in [-0.1, -0.05) is 13.3 Å². The smallest absolute Gasteiger partial charge is 0.303 e. The van der Waals surface area contributed by atoms with Gasteiger partial charge in [0.05, 0.1) is 0 Å². The van der Waals surface area contributed by atoms with Crippen LogP contribution >= 0.6 is 12.2 Å². The molecule has 0 unspecified atom stereocenters. The highest BCUT2D eigenvalue weighted by atomic mass is 32.1. The number of hydrogen-bond donors (Lipinski definition) is 2. The number of nitrogens with one attached hydrogen (secondary N) is 1. The number of carbonyl (C=O) groups excluding carboxylic acids is 3. The maximum atomic E-state index is 12.2. The standard InChI is InChI=1S/C13H18N2O5S/c1-3-4-5-15-12(19)9(14-13(15)21)6-11(10(18)7-16)20-8(2)17/h6-7,10-11,18H,3-5H2,1-2H3,(H,14,21)/b9-6-/t10-,11-/m0/s1. The first kappa shape index (κ1) is 17.3. The summed E-state index contributed by atoms with van der Waals surface area (Å²) in [6.07, 6.45) is 0.351. The summed E-state index contributed by atoms with van der Waals surface area (Å²) in [6, 6.07) is 0. The molecule has 1 heterocycles. The van der Waals surface area contributed by atoms with E-state index in [0.717, 1.165) is 19.8 Å². The van der Waals surface area contributed by atoms with Gasteiger partial charge >= 0.3 is 5.97 Å². The fourth-order valence-corrected chi connectivity index (χ4v) is 2.03. The summed E-state index contributed by atoms with van der Waals surface area (Å²) in [5, 5.41) is 12.5. The van der Waals surface area contributed by atoms with Gasteiger partial charge in [-0.15, -0.1) is 0 Å². The van der Waals surface area contributed by atoms with Crippen molar-refractivity contribution < 1.29 is 24.2 Å². The lowest BCUT2D eigenvalue weighted by molar-refractivity contribution is -0.150. The van der Waals surface area contributed by atoms with Crippen LogP contribution in [0.5, 0.6) is 0 Å². The molecule has 2 atom stereocenters. The zero-order valence-electron chi connectivity index (χ0n) is 11.9. The number of amides is 1. The second kappa shape index (κ2) is 7.84. The number of unbranched alkanes of at least 4 members (excludes halogenated alkanes) is 1. The highest BCUT2D eigenvalue weighted by molar-refractivity contribution is 7.80. The second-order valence-corrected chi connectivity index (χ2v) is 4.91. The first-order valence-corrected chi connectivity index (χ1v) is 6.96. The van der Waals surface area contributed by atoms with E-state index in [1.54, 1.807) is 0 Å². The molecule has 0 aromatic rings. The molecule has 0 aromatic heterocycles. The summed E-state index contributed by atoms with van der Waals surface area (Å²) in [4.78, 5) is 35.2. The Hall–Kier alpha value is -1.80. The van der Waals surface area contributed by atoms with E-state index in [1.807, 2.05) is 6.92 Å². The zero-order valence-corrected chi connectivity index (χ0v) is 12.7. The van der Waals surface area contributed by atoms with E-state index >= 15 is 0 Å². The molecule has 1 fully saturated rings. The van der Waals surface area contributed by atoms with Crippen LogP contribution in [-0.2, 0) is 19.1 Å². The van der Waals surface area contributed by atoms with Gasteiger partial charge in [0, 0.05) is 13.5 Å². The Labute approximate surface area is 127 Å². The molecule has 1 rings (SSSR count). The molecule has 21 heavy (non-hydrogen) atoms. The predicted molar refractivity (Wildman–Crippen MR) is 78.1 cm³/mol. The van der Waals surface area contributed by atoms with Crippen LogP contribution in [0.15, 0.2) is 11.8 Å². The Kier molecular flexibility index (Phi) is 6.44. The van der Waals surface area contributed by atoms with E-state index < -0.39 is 18.2 Å². The quantitative estimate of drug-likeness (QED) is 0.293. The topological polar surface area (TPSA) is 95.9 Å². The van der Waals surface area contributed by atoms with E-state index in [-0.39, 0.29) is 23.0 Å². The van der Waals surface area contributed by atoms with Crippen LogP contribution in [0.4, 0.5) is 0 Å². The molecule has 7 nitrogen and oxygen atoms in total. The van der Waals surface area contributed by atoms with Gasteiger partial charge in [-0.05, 0) is 24.7 Å². The van der Waals surface area contributed by atoms with Crippen LogP contribution in [0.25, 0.3) is 0 Å². The van der Waals surface area contributed by atoms with Crippen molar-refractivity contribution in [2.24, 2.45) is 0 Å². The van der Waals surface area contributed by atoms with Gasteiger partial charge in [0.1, 0.15) is 11.8 Å². The number of ether oxygens (including phenoxy) is 1. The van der Waals surface area contributed by atoms with Gasteiger partial charge in [-0.2, -0.15) is 0 Å². The minimum Gasteiger partial charge on any atom is -0.455 e. The molecule has 0 bridgehead atoms. The van der Waals surface area contributed by atoms with E-state index in [2.05, 4.69) is 5.32 Å². The fourth-order valence-electron chi connectivity index (χ4n) is 1.74. The summed E-state index contributed by atoms with van der Waals surface area (Å²) in [5.41, 5.74) is 0.0863. The van der Waals surface area contributed by atoms with Crippen molar-refractivity contribution in [1.29, 1.82) is 0 Å². The molecular weight excluding hydrogens is 296 g/mol. The summed E-state index contributed by atoms with van der Waals surface area (Å²) < 4.78 is 4.81. The number of carbonyl (C=O) groups is 3. The van der Waals surface area contributed by atoms with Crippen LogP contribution in [0, 0.1) is 0 Å².